The van der Waals surface area contributed by atoms with Gasteiger partial charge >= 0.3 is 0 Å². The molecule has 15 heavy (non-hydrogen) atoms. The number of hydrogen-bond acceptors (Lipinski definition) is 2. The monoisotopic (exact) mass is 210 g/mol. The molecule has 1 aromatic carbocycles. The molecule has 2 nitrogen and oxygen atoms in total. The molecule has 82 valence electrons. The summed E-state index contributed by atoms with van der Waals surface area (Å²) in [6.45, 7) is 0.489. The fourth-order valence-electron chi connectivity index (χ4n) is 1.55. The highest BCUT2D eigenvalue weighted by Gasteiger charge is 2.29. The summed E-state index contributed by atoms with van der Waals surface area (Å²) in [5, 5.41) is 9.57. The number of ether oxygens (including phenoxy) is 1. The summed E-state index contributed by atoms with van der Waals surface area (Å²) < 4.78 is 17.9. The van der Waals surface area contributed by atoms with Crippen molar-refractivity contribution >= 4 is 0 Å². The quantitative estimate of drug-likeness (QED) is 0.808. The second-order valence-electron chi connectivity index (χ2n) is 4.00. The first kappa shape index (κ1) is 10.4. The molecule has 1 aliphatic carbocycles. The summed E-state index contributed by atoms with van der Waals surface area (Å²) in [6, 6.07) is 5.93. The summed E-state index contributed by atoms with van der Waals surface area (Å²) in [5.41, 5.74) is 0. The predicted molar refractivity (Wildman–Crippen MR) is 55.2 cm³/mol. The molecule has 1 unspecified atom stereocenters. The van der Waals surface area contributed by atoms with Gasteiger partial charge in [0.25, 0.3) is 0 Å². The zero-order chi connectivity index (χ0) is 10.7. The van der Waals surface area contributed by atoms with Crippen LogP contribution >= 0.6 is 0 Å². The molecule has 3 heteroatoms. The first-order valence-corrected chi connectivity index (χ1v) is 5.32. The molecule has 0 amide bonds. The Morgan fingerprint density at radius 3 is 2.60 bits per heavy atom. The molecular formula is C12H15FO2. The van der Waals surface area contributed by atoms with Crippen molar-refractivity contribution in [2.24, 2.45) is 5.92 Å². The number of benzene rings is 1. The number of hydrogen-bond donors (Lipinski definition) is 1. The van der Waals surface area contributed by atoms with Crippen molar-refractivity contribution in [2.75, 3.05) is 6.61 Å². The van der Waals surface area contributed by atoms with Gasteiger partial charge in [0.2, 0.25) is 0 Å². The zero-order valence-electron chi connectivity index (χ0n) is 8.53. The Labute approximate surface area is 88.7 Å². The average Bonchev–Trinajstić information content (AvgIpc) is 3.04. The van der Waals surface area contributed by atoms with Gasteiger partial charge in [-0.05, 0) is 43.0 Å². The lowest BCUT2D eigenvalue weighted by Crippen LogP contribution is -2.13. The Morgan fingerprint density at radius 1 is 1.33 bits per heavy atom. The Bertz CT molecular complexity index is 306. The van der Waals surface area contributed by atoms with Crippen LogP contribution in [0.5, 0.6) is 5.75 Å². The highest BCUT2D eigenvalue weighted by Crippen LogP contribution is 2.33. The molecule has 1 fully saturated rings. The minimum Gasteiger partial charge on any atom is -0.493 e. The smallest absolute Gasteiger partial charge is 0.123 e. The van der Waals surface area contributed by atoms with Crippen LogP contribution in [0.2, 0.25) is 0 Å². The van der Waals surface area contributed by atoms with Crippen LogP contribution in [0.25, 0.3) is 0 Å². The largest absolute Gasteiger partial charge is 0.493 e. The normalized spacial score (nSPS) is 17.5. The average molecular weight is 210 g/mol. The summed E-state index contributed by atoms with van der Waals surface area (Å²) >= 11 is 0. The van der Waals surface area contributed by atoms with E-state index in [-0.39, 0.29) is 11.9 Å². The van der Waals surface area contributed by atoms with Crippen LogP contribution in [0.4, 0.5) is 4.39 Å². The van der Waals surface area contributed by atoms with Crippen molar-refractivity contribution in [1.29, 1.82) is 0 Å². The molecule has 1 N–H and O–H groups in total. The van der Waals surface area contributed by atoms with Gasteiger partial charge in [-0.3, -0.25) is 0 Å². The first-order chi connectivity index (χ1) is 7.25. The maximum Gasteiger partial charge on any atom is 0.123 e. The van der Waals surface area contributed by atoms with Crippen molar-refractivity contribution in [3.63, 3.8) is 0 Å². The van der Waals surface area contributed by atoms with Gasteiger partial charge in [-0.1, -0.05) is 0 Å². The third-order valence-corrected chi connectivity index (χ3v) is 2.66. The van der Waals surface area contributed by atoms with Crippen LogP contribution in [-0.4, -0.2) is 17.8 Å². The Hall–Kier alpha value is -1.09. The van der Waals surface area contributed by atoms with Crippen molar-refractivity contribution in [3.05, 3.63) is 30.1 Å². The second-order valence-corrected chi connectivity index (χ2v) is 4.00. The fraction of sp³-hybridized carbons (Fsp3) is 0.500. The number of aliphatic hydroxyl groups excluding tert-OH is 1. The van der Waals surface area contributed by atoms with Gasteiger partial charge in [0, 0.05) is 6.42 Å². The summed E-state index contributed by atoms with van der Waals surface area (Å²) in [4.78, 5) is 0. The van der Waals surface area contributed by atoms with Crippen LogP contribution in [0.1, 0.15) is 19.3 Å². The van der Waals surface area contributed by atoms with E-state index in [1.54, 1.807) is 12.1 Å². The summed E-state index contributed by atoms with van der Waals surface area (Å²) in [6.07, 6.45) is 2.70. The van der Waals surface area contributed by atoms with Crippen LogP contribution < -0.4 is 4.74 Å². The Morgan fingerprint density at radius 2 is 2.00 bits per heavy atom. The van der Waals surface area contributed by atoms with E-state index in [0.717, 1.165) is 12.8 Å². The van der Waals surface area contributed by atoms with E-state index >= 15 is 0 Å². The summed E-state index contributed by atoms with van der Waals surface area (Å²) in [7, 11) is 0. The molecule has 0 aromatic heterocycles. The highest BCUT2D eigenvalue weighted by molar-refractivity contribution is 5.21. The minimum atomic E-state index is -0.264. The highest BCUT2D eigenvalue weighted by atomic mass is 19.1. The van der Waals surface area contributed by atoms with E-state index in [2.05, 4.69) is 0 Å². The minimum absolute atomic E-state index is 0.231. The van der Waals surface area contributed by atoms with Gasteiger partial charge in [-0.2, -0.15) is 0 Å². The molecule has 0 radical (unpaired) electrons. The molecule has 2 rings (SSSR count). The molecule has 0 saturated heterocycles. The molecule has 0 heterocycles. The van der Waals surface area contributed by atoms with Gasteiger partial charge in [0.15, 0.2) is 0 Å². The van der Waals surface area contributed by atoms with E-state index in [9.17, 15) is 9.50 Å². The third-order valence-electron chi connectivity index (χ3n) is 2.66. The Kier molecular flexibility index (Phi) is 3.21. The van der Waals surface area contributed by atoms with Crippen molar-refractivity contribution < 1.29 is 14.2 Å². The first-order valence-electron chi connectivity index (χ1n) is 5.32. The summed E-state index contributed by atoms with van der Waals surface area (Å²) in [5.74, 6) is 0.876. The van der Waals surface area contributed by atoms with E-state index in [4.69, 9.17) is 4.74 Å². The SMILES string of the molecule is OC(CCOc1ccc(F)cc1)C1CC1. The molecule has 1 atom stereocenters. The third kappa shape index (κ3) is 3.20. The molecule has 0 spiro atoms. The van der Waals surface area contributed by atoms with Crippen LogP contribution in [-0.2, 0) is 0 Å². The predicted octanol–water partition coefficient (Wildman–Crippen LogP) is 2.37. The zero-order valence-corrected chi connectivity index (χ0v) is 8.53. The van der Waals surface area contributed by atoms with E-state index in [1.807, 2.05) is 0 Å². The molecule has 1 saturated carbocycles. The van der Waals surface area contributed by atoms with Crippen molar-refractivity contribution in [2.45, 2.75) is 25.4 Å². The van der Waals surface area contributed by atoms with E-state index in [1.165, 1.54) is 12.1 Å². The van der Waals surface area contributed by atoms with Gasteiger partial charge in [0.1, 0.15) is 11.6 Å². The van der Waals surface area contributed by atoms with Crippen molar-refractivity contribution in [3.8, 4) is 5.75 Å². The Balaban J connectivity index is 1.70. The molecule has 1 aliphatic rings. The lowest BCUT2D eigenvalue weighted by molar-refractivity contribution is 0.119. The lowest BCUT2D eigenvalue weighted by Gasteiger charge is -2.10. The van der Waals surface area contributed by atoms with E-state index in [0.29, 0.717) is 24.7 Å². The van der Waals surface area contributed by atoms with Gasteiger partial charge in [-0.15, -0.1) is 0 Å². The molecule has 0 aliphatic heterocycles. The van der Waals surface area contributed by atoms with Gasteiger partial charge in [-0.25, -0.2) is 4.39 Å². The standard InChI is InChI=1S/C12H15FO2/c13-10-3-5-11(6-4-10)15-8-7-12(14)9-1-2-9/h3-6,9,12,14H,1-2,7-8H2. The van der Waals surface area contributed by atoms with Crippen molar-refractivity contribution in [1.82, 2.24) is 0 Å². The molecular weight excluding hydrogens is 195 g/mol. The number of aliphatic hydroxyl groups is 1. The number of rotatable bonds is 5. The molecule has 0 bridgehead atoms. The van der Waals surface area contributed by atoms with Gasteiger partial charge in [0.05, 0.1) is 12.7 Å². The van der Waals surface area contributed by atoms with Gasteiger partial charge < -0.3 is 9.84 Å². The second kappa shape index (κ2) is 4.62. The maximum atomic E-state index is 12.6. The maximum absolute atomic E-state index is 12.6. The fourth-order valence-corrected chi connectivity index (χ4v) is 1.55. The topological polar surface area (TPSA) is 29.5 Å². The van der Waals surface area contributed by atoms with E-state index < -0.39 is 0 Å². The van der Waals surface area contributed by atoms with Crippen LogP contribution in [0, 0.1) is 11.7 Å². The molecule has 1 aromatic rings. The number of halogens is 1. The van der Waals surface area contributed by atoms with Crippen LogP contribution in [0.15, 0.2) is 24.3 Å². The van der Waals surface area contributed by atoms with Crippen LogP contribution in [0.3, 0.4) is 0 Å². The lowest BCUT2D eigenvalue weighted by atomic mass is 10.2.